The van der Waals surface area contributed by atoms with Gasteiger partial charge in [-0.05, 0) is 45.8 Å². The van der Waals surface area contributed by atoms with Gasteiger partial charge in [-0.25, -0.2) is 10.4 Å². The normalized spacial score (nSPS) is 11.1. The van der Waals surface area contributed by atoms with Crippen LogP contribution in [0.3, 0.4) is 0 Å². The van der Waals surface area contributed by atoms with Gasteiger partial charge in [-0.15, -0.1) is 11.3 Å². The summed E-state index contributed by atoms with van der Waals surface area (Å²) >= 11 is 6.38. The molecule has 6 nitrogen and oxygen atoms in total. The number of fused-ring (bicyclic) bond motifs is 1. The number of carbonyl (C=O) groups excluding carboxylic acids is 1. The van der Waals surface area contributed by atoms with Crippen molar-refractivity contribution in [3.63, 3.8) is 0 Å². The summed E-state index contributed by atoms with van der Waals surface area (Å²) in [7, 11) is 3.13. The number of amides is 1. The molecule has 0 aliphatic rings. The van der Waals surface area contributed by atoms with E-state index in [1.54, 1.807) is 37.8 Å². The van der Waals surface area contributed by atoms with E-state index in [2.05, 4.69) is 31.4 Å². The minimum atomic E-state index is -0.199. The molecule has 9 heteroatoms. The van der Waals surface area contributed by atoms with Gasteiger partial charge in [0, 0.05) is 0 Å². The molecule has 1 N–H and O–H groups in total. The largest absolute Gasteiger partial charge is 0.493 e. The van der Waals surface area contributed by atoms with Gasteiger partial charge in [0.2, 0.25) is 0 Å². The molecule has 0 spiro atoms. The lowest BCUT2D eigenvalue weighted by Crippen LogP contribution is -2.19. The number of methoxy groups -OCH3 is 2. The number of rotatable bonds is 7. The first-order valence-electron chi connectivity index (χ1n) is 7.82. The van der Waals surface area contributed by atoms with E-state index >= 15 is 0 Å². The number of nitrogens with one attached hydrogen (secondary N) is 1. The van der Waals surface area contributed by atoms with Gasteiger partial charge in [0.15, 0.2) is 15.8 Å². The number of hydrogen-bond donors (Lipinski definition) is 1. The number of para-hydroxylation sites is 1. The molecule has 0 aliphatic heterocycles. The highest BCUT2D eigenvalue weighted by molar-refractivity contribution is 9.10. The molecule has 3 aromatic rings. The average molecular weight is 466 g/mol. The third kappa shape index (κ3) is 5.00. The van der Waals surface area contributed by atoms with E-state index in [9.17, 15) is 4.79 Å². The molecule has 1 heterocycles. The number of hydrogen-bond acceptors (Lipinski definition) is 7. The monoisotopic (exact) mass is 465 g/mol. The van der Waals surface area contributed by atoms with Crippen LogP contribution in [0.2, 0.25) is 0 Å². The van der Waals surface area contributed by atoms with Crippen molar-refractivity contribution in [3.05, 3.63) is 46.4 Å². The van der Waals surface area contributed by atoms with E-state index in [-0.39, 0.29) is 11.7 Å². The van der Waals surface area contributed by atoms with E-state index in [1.807, 2.05) is 30.3 Å². The van der Waals surface area contributed by atoms with Crippen LogP contribution in [-0.4, -0.2) is 37.1 Å². The van der Waals surface area contributed by atoms with Crippen LogP contribution in [0, 0.1) is 0 Å². The summed E-state index contributed by atoms with van der Waals surface area (Å²) in [6.45, 7) is 0. The molecule has 1 amide bonds. The minimum Gasteiger partial charge on any atom is -0.493 e. The Balaban J connectivity index is 1.56. The van der Waals surface area contributed by atoms with Crippen molar-refractivity contribution in [2.45, 2.75) is 4.34 Å². The second kappa shape index (κ2) is 9.20. The summed E-state index contributed by atoms with van der Waals surface area (Å²) in [5, 5.41) is 4.00. The van der Waals surface area contributed by atoms with E-state index in [4.69, 9.17) is 9.47 Å². The van der Waals surface area contributed by atoms with Gasteiger partial charge in [0.25, 0.3) is 5.91 Å². The smallest absolute Gasteiger partial charge is 0.250 e. The molecular formula is C18H16BrN3O3S2. The minimum absolute atomic E-state index is 0.199. The van der Waals surface area contributed by atoms with Crippen molar-refractivity contribution in [1.29, 1.82) is 0 Å². The van der Waals surface area contributed by atoms with Crippen LogP contribution in [0.15, 0.2) is 50.3 Å². The predicted octanol–water partition coefficient (Wildman–Crippen LogP) is 4.32. The zero-order valence-electron chi connectivity index (χ0n) is 14.6. The van der Waals surface area contributed by atoms with Gasteiger partial charge >= 0.3 is 0 Å². The summed E-state index contributed by atoms with van der Waals surface area (Å²) < 4.78 is 13.3. The lowest BCUT2D eigenvalue weighted by atomic mass is 10.2. The molecule has 0 bridgehead atoms. The fraction of sp³-hybridized carbons (Fsp3) is 0.167. The van der Waals surface area contributed by atoms with Crippen LogP contribution in [0.25, 0.3) is 10.2 Å². The molecule has 0 radical (unpaired) electrons. The highest BCUT2D eigenvalue weighted by Crippen LogP contribution is 2.35. The van der Waals surface area contributed by atoms with E-state index < -0.39 is 0 Å². The quantitative estimate of drug-likeness (QED) is 0.319. The Morgan fingerprint density at radius 2 is 2.15 bits per heavy atom. The molecule has 0 fully saturated rings. The molecular weight excluding hydrogens is 450 g/mol. The van der Waals surface area contributed by atoms with Gasteiger partial charge in [0.05, 0.1) is 40.9 Å². The van der Waals surface area contributed by atoms with E-state index in [1.165, 1.54) is 11.8 Å². The van der Waals surface area contributed by atoms with Crippen molar-refractivity contribution >= 4 is 61.4 Å². The molecule has 27 heavy (non-hydrogen) atoms. The molecule has 0 saturated carbocycles. The van der Waals surface area contributed by atoms with Gasteiger partial charge < -0.3 is 9.47 Å². The summed E-state index contributed by atoms with van der Waals surface area (Å²) in [6.07, 6.45) is 1.55. The molecule has 140 valence electrons. The lowest BCUT2D eigenvalue weighted by molar-refractivity contribution is -0.118. The number of benzene rings is 2. The van der Waals surface area contributed by atoms with E-state index in [0.717, 1.165) is 24.6 Å². The Labute approximate surface area is 173 Å². The van der Waals surface area contributed by atoms with Crippen LogP contribution in [0.5, 0.6) is 11.5 Å². The van der Waals surface area contributed by atoms with E-state index in [0.29, 0.717) is 11.5 Å². The fourth-order valence-electron chi connectivity index (χ4n) is 2.26. The lowest BCUT2D eigenvalue weighted by Gasteiger charge is -2.10. The third-order valence-corrected chi connectivity index (χ3v) is 6.23. The number of halogens is 1. The third-order valence-electron chi connectivity index (χ3n) is 3.46. The second-order valence-corrected chi connectivity index (χ2v) is 8.38. The van der Waals surface area contributed by atoms with Gasteiger partial charge in [0.1, 0.15) is 0 Å². The molecule has 0 aliphatic carbocycles. The number of aromatic nitrogens is 1. The zero-order chi connectivity index (χ0) is 19.2. The molecule has 1 aromatic heterocycles. The number of thiazole rings is 1. The Morgan fingerprint density at radius 1 is 1.33 bits per heavy atom. The average Bonchev–Trinajstić information content (AvgIpc) is 3.09. The van der Waals surface area contributed by atoms with Crippen molar-refractivity contribution < 1.29 is 14.3 Å². The molecule has 3 rings (SSSR count). The number of hydrazone groups is 1. The predicted molar refractivity (Wildman–Crippen MR) is 113 cm³/mol. The Morgan fingerprint density at radius 3 is 2.89 bits per heavy atom. The standard InChI is InChI=1S/C18H16BrN3O3S2/c1-24-14-8-11(7-12(19)17(14)25-2)9-20-22-16(23)10-26-18-21-13-5-3-4-6-15(13)27-18/h3-9H,10H2,1-2H3,(H,22,23)/b20-9-. The number of nitrogens with zero attached hydrogens (tertiary/aromatic N) is 2. The van der Waals surface area contributed by atoms with Crippen molar-refractivity contribution in [2.75, 3.05) is 20.0 Å². The first-order valence-corrected chi connectivity index (χ1v) is 10.4. The maximum atomic E-state index is 12.0. The maximum Gasteiger partial charge on any atom is 0.250 e. The van der Waals surface area contributed by atoms with Crippen LogP contribution >= 0.6 is 39.0 Å². The van der Waals surface area contributed by atoms with Crippen LogP contribution in [0.4, 0.5) is 0 Å². The zero-order valence-corrected chi connectivity index (χ0v) is 17.8. The Kier molecular flexibility index (Phi) is 6.70. The fourth-order valence-corrected chi connectivity index (χ4v) is 4.75. The van der Waals surface area contributed by atoms with Crippen LogP contribution in [-0.2, 0) is 4.79 Å². The highest BCUT2D eigenvalue weighted by Gasteiger charge is 2.10. The highest BCUT2D eigenvalue weighted by atomic mass is 79.9. The Hall–Kier alpha value is -2.10. The maximum absolute atomic E-state index is 12.0. The summed E-state index contributed by atoms with van der Waals surface area (Å²) in [6, 6.07) is 11.5. The summed E-state index contributed by atoms with van der Waals surface area (Å²) in [5.74, 6) is 1.22. The van der Waals surface area contributed by atoms with Crippen molar-refractivity contribution in [2.24, 2.45) is 5.10 Å². The van der Waals surface area contributed by atoms with Gasteiger partial charge in [-0.3, -0.25) is 4.79 Å². The Bertz CT molecular complexity index is 958. The van der Waals surface area contributed by atoms with Crippen LogP contribution in [0.1, 0.15) is 5.56 Å². The first kappa shape index (κ1) is 19.7. The van der Waals surface area contributed by atoms with Gasteiger partial charge in [-0.2, -0.15) is 5.10 Å². The number of carbonyl (C=O) groups is 1. The number of thioether (sulfide) groups is 1. The number of ether oxygens (including phenoxy) is 2. The summed E-state index contributed by atoms with van der Waals surface area (Å²) in [4.78, 5) is 16.5. The topological polar surface area (TPSA) is 72.8 Å². The molecule has 0 atom stereocenters. The second-order valence-electron chi connectivity index (χ2n) is 5.27. The van der Waals surface area contributed by atoms with Crippen molar-refractivity contribution in [1.82, 2.24) is 10.4 Å². The molecule has 0 unspecified atom stereocenters. The SMILES string of the molecule is COc1cc(/C=N\NC(=O)CSc2nc3ccccc3s2)cc(Br)c1OC. The molecule has 2 aromatic carbocycles. The summed E-state index contributed by atoms with van der Waals surface area (Å²) in [5.41, 5.74) is 4.23. The van der Waals surface area contributed by atoms with Gasteiger partial charge in [-0.1, -0.05) is 23.9 Å². The van der Waals surface area contributed by atoms with Crippen molar-refractivity contribution in [3.8, 4) is 11.5 Å². The molecule has 0 saturated heterocycles. The first-order chi connectivity index (χ1) is 13.1. The van der Waals surface area contributed by atoms with Crippen LogP contribution < -0.4 is 14.9 Å².